The van der Waals surface area contributed by atoms with Gasteiger partial charge in [0.15, 0.2) is 0 Å². The minimum atomic E-state index is -0.449. The zero-order valence-corrected chi connectivity index (χ0v) is 23.8. The van der Waals surface area contributed by atoms with Crippen molar-refractivity contribution in [2.75, 3.05) is 16.4 Å². The number of hydrogen-bond acceptors (Lipinski definition) is 6. The molecular weight excluding hydrogens is 562 g/mol. The van der Waals surface area contributed by atoms with Gasteiger partial charge in [0.25, 0.3) is 5.91 Å². The summed E-state index contributed by atoms with van der Waals surface area (Å²) in [5, 5.41) is 11.8. The first kappa shape index (κ1) is 26.1. The van der Waals surface area contributed by atoms with Gasteiger partial charge in [-0.25, -0.2) is 4.68 Å². The van der Waals surface area contributed by atoms with E-state index in [0.717, 1.165) is 44.0 Å². The van der Waals surface area contributed by atoms with Crippen LogP contribution in [0.3, 0.4) is 0 Å². The number of allylic oxidation sites excluding steroid dienone is 1. The molecule has 0 fully saturated rings. The van der Waals surface area contributed by atoms with E-state index in [9.17, 15) is 4.79 Å². The fraction of sp³-hybridized carbons (Fsp3) is 0.207. The van der Waals surface area contributed by atoms with E-state index in [1.807, 2.05) is 86.6 Å². The molecule has 1 amide bonds. The Balaban J connectivity index is 1.45. The molecule has 38 heavy (non-hydrogen) atoms. The van der Waals surface area contributed by atoms with Gasteiger partial charge >= 0.3 is 0 Å². The monoisotopic (exact) mass is 589 g/mol. The minimum Gasteiger partial charge on any atom is -0.489 e. The molecule has 1 aliphatic rings. The third-order valence-corrected chi connectivity index (χ3v) is 7.39. The molecule has 1 unspecified atom stereocenters. The number of anilines is 2. The van der Waals surface area contributed by atoms with Crippen LogP contribution in [-0.2, 0) is 11.4 Å². The molecule has 0 aliphatic carbocycles. The molecule has 9 heteroatoms. The molecular formula is C29H28BrN5O2S. The van der Waals surface area contributed by atoms with Crippen molar-refractivity contribution in [3.8, 4) is 5.75 Å². The fourth-order valence-electron chi connectivity index (χ4n) is 4.34. The van der Waals surface area contributed by atoms with Crippen molar-refractivity contribution in [2.45, 2.75) is 38.6 Å². The first-order valence-electron chi connectivity index (χ1n) is 12.3. The molecule has 3 aromatic carbocycles. The molecule has 5 rings (SSSR count). The molecule has 1 aliphatic heterocycles. The van der Waals surface area contributed by atoms with Crippen LogP contribution in [-0.4, -0.2) is 26.4 Å². The number of nitrogens with zero attached hydrogens (tertiary/aromatic N) is 3. The van der Waals surface area contributed by atoms with E-state index >= 15 is 0 Å². The van der Waals surface area contributed by atoms with E-state index in [1.165, 1.54) is 0 Å². The van der Waals surface area contributed by atoms with Gasteiger partial charge in [-0.05, 0) is 72.7 Å². The van der Waals surface area contributed by atoms with Crippen LogP contribution in [0.1, 0.15) is 36.6 Å². The molecule has 0 saturated carbocycles. The third kappa shape index (κ3) is 5.79. The molecule has 2 N–H and O–H groups in total. The summed E-state index contributed by atoms with van der Waals surface area (Å²) in [6, 6.07) is 23.2. The molecule has 0 spiro atoms. The average Bonchev–Trinajstić information content (AvgIpc) is 3.30. The predicted molar refractivity (Wildman–Crippen MR) is 156 cm³/mol. The van der Waals surface area contributed by atoms with Gasteiger partial charge in [-0.1, -0.05) is 71.0 Å². The van der Waals surface area contributed by atoms with Crippen molar-refractivity contribution in [2.24, 2.45) is 0 Å². The summed E-state index contributed by atoms with van der Waals surface area (Å²) in [5.74, 6) is 2.03. The quantitative estimate of drug-likeness (QED) is 0.216. The number of carbonyl (C=O) groups excluding carboxylic acids is 1. The van der Waals surface area contributed by atoms with Crippen LogP contribution in [0.4, 0.5) is 11.6 Å². The molecule has 2 heterocycles. The van der Waals surface area contributed by atoms with E-state index in [4.69, 9.17) is 9.84 Å². The third-order valence-electron chi connectivity index (χ3n) is 6.14. The number of ether oxygens (including phenoxy) is 1. The number of thioether (sulfide) groups is 1. The lowest BCUT2D eigenvalue weighted by Gasteiger charge is -2.28. The first-order valence-corrected chi connectivity index (χ1v) is 14.1. The van der Waals surface area contributed by atoms with Crippen molar-refractivity contribution in [3.05, 3.63) is 105 Å². The number of aromatic nitrogens is 3. The zero-order chi connectivity index (χ0) is 26.6. The molecule has 1 atom stereocenters. The summed E-state index contributed by atoms with van der Waals surface area (Å²) in [6.45, 7) is 6.43. The van der Waals surface area contributed by atoms with Crippen molar-refractivity contribution in [1.29, 1.82) is 0 Å². The zero-order valence-electron chi connectivity index (χ0n) is 21.4. The van der Waals surface area contributed by atoms with E-state index in [-0.39, 0.29) is 5.91 Å². The van der Waals surface area contributed by atoms with E-state index < -0.39 is 6.04 Å². The van der Waals surface area contributed by atoms with Crippen LogP contribution >= 0.6 is 27.7 Å². The van der Waals surface area contributed by atoms with Crippen LogP contribution in [0.15, 0.2) is 93.7 Å². The fourth-order valence-corrected chi connectivity index (χ4v) is 5.16. The van der Waals surface area contributed by atoms with Gasteiger partial charge in [-0.15, -0.1) is 5.10 Å². The van der Waals surface area contributed by atoms with Gasteiger partial charge in [0.1, 0.15) is 18.4 Å². The number of benzene rings is 3. The predicted octanol–water partition coefficient (Wildman–Crippen LogP) is 6.97. The summed E-state index contributed by atoms with van der Waals surface area (Å²) in [4.78, 5) is 18.3. The Bertz CT molecular complexity index is 1480. The summed E-state index contributed by atoms with van der Waals surface area (Å²) in [6.07, 6.45) is 0. The number of carbonyl (C=O) groups is 1. The number of rotatable bonds is 8. The lowest BCUT2D eigenvalue weighted by molar-refractivity contribution is -0.113. The Morgan fingerprint density at radius 2 is 1.87 bits per heavy atom. The Morgan fingerprint density at radius 1 is 1.11 bits per heavy atom. The van der Waals surface area contributed by atoms with Crippen LogP contribution in [0.2, 0.25) is 0 Å². The molecule has 7 nitrogen and oxygen atoms in total. The minimum absolute atomic E-state index is 0.188. The second-order valence-corrected chi connectivity index (χ2v) is 11.1. The lowest BCUT2D eigenvalue weighted by atomic mass is 9.95. The van der Waals surface area contributed by atoms with Gasteiger partial charge in [0.05, 0.1) is 5.57 Å². The van der Waals surface area contributed by atoms with Gasteiger partial charge in [-0.2, -0.15) is 4.98 Å². The summed E-state index contributed by atoms with van der Waals surface area (Å²) < 4.78 is 8.84. The maximum absolute atomic E-state index is 13.7. The number of amides is 1. The standard InChI is InChI=1S/C29H28BrN5O2S/c1-4-38-29-33-28-31-19(3)25(27(36)32-23-7-5-6-18(2)16-23)26(35(28)34-29)21-10-14-24(15-11-21)37-17-20-8-12-22(30)13-9-20/h5-16,26H,4,17H2,1-3H3,(H,32,36)(H,31,33,34). The Kier molecular flexibility index (Phi) is 7.85. The lowest BCUT2D eigenvalue weighted by Crippen LogP contribution is -2.31. The Morgan fingerprint density at radius 3 is 2.58 bits per heavy atom. The maximum Gasteiger partial charge on any atom is 0.255 e. The van der Waals surface area contributed by atoms with Gasteiger partial charge in [0, 0.05) is 15.9 Å². The van der Waals surface area contributed by atoms with Crippen LogP contribution in [0.25, 0.3) is 0 Å². The van der Waals surface area contributed by atoms with Gasteiger partial charge in [0.2, 0.25) is 11.1 Å². The SMILES string of the molecule is CCSc1nc2n(n1)C(c1ccc(OCc3ccc(Br)cc3)cc1)C(C(=O)Nc1cccc(C)c1)=C(C)N2. The molecule has 194 valence electrons. The highest BCUT2D eigenvalue weighted by Gasteiger charge is 2.34. The number of nitrogens with one attached hydrogen (secondary N) is 2. The molecule has 4 aromatic rings. The molecule has 0 bridgehead atoms. The molecule has 0 saturated heterocycles. The van der Waals surface area contributed by atoms with E-state index in [2.05, 4.69) is 38.5 Å². The highest BCUT2D eigenvalue weighted by molar-refractivity contribution is 9.10. The van der Waals surface area contributed by atoms with Crippen LogP contribution in [0.5, 0.6) is 5.75 Å². The second-order valence-electron chi connectivity index (χ2n) is 8.97. The Hall–Kier alpha value is -3.56. The van der Waals surface area contributed by atoms with Crippen LogP contribution in [0, 0.1) is 6.92 Å². The van der Waals surface area contributed by atoms with Gasteiger partial charge in [-0.3, -0.25) is 4.79 Å². The van der Waals surface area contributed by atoms with Crippen molar-refractivity contribution in [3.63, 3.8) is 0 Å². The van der Waals surface area contributed by atoms with Crippen molar-refractivity contribution < 1.29 is 9.53 Å². The van der Waals surface area contributed by atoms with E-state index in [0.29, 0.717) is 23.3 Å². The largest absolute Gasteiger partial charge is 0.489 e. The average molecular weight is 591 g/mol. The summed E-state index contributed by atoms with van der Waals surface area (Å²) in [7, 11) is 0. The van der Waals surface area contributed by atoms with Crippen molar-refractivity contribution >= 4 is 45.2 Å². The highest BCUT2D eigenvalue weighted by atomic mass is 79.9. The molecule has 0 radical (unpaired) electrons. The van der Waals surface area contributed by atoms with Crippen molar-refractivity contribution in [1.82, 2.24) is 14.8 Å². The first-order chi connectivity index (χ1) is 18.4. The Labute approximate surface area is 234 Å². The molecule has 1 aromatic heterocycles. The summed E-state index contributed by atoms with van der Waals surface area (Å²) in [5.41, 5.74) is 5.14. The summed E-state index contributed by atoms with van der Waals surface area (Å²) >= 11 is 5.02. The highest BCUT2D eigenvalue weighted by Crippen LogP contribution is 2.37. The normalized spacial score (nSPS) is 14.6. The number of halogens is 1. The smallest absolute Gasteiger partial charge is 0.255 e. The van der Waals surface area contributed by atoms with Crippen LogP contribution < -0.4 is 15.4 Å². The second kappa shape index (κ2) is 11.4. The maximum atomic E-state index is 13.7. The topological polar surface area (TPSA) is 81.1 Å². The number of fused-ring (bicyclic) bond motifs is 1. The number of hydrogen-bond donors (Lipinski definition) is 2. The van der Waals surface area contributed by atoms with E-state index in [1.54, 1.807) is 16.4 Å². The number of aryl methyl sites for hydroxylation is 1. The van der Waals surface area contributed by atoms with Gasteiger partial charge < -0.3 is 15.4 Å².